The van der Waals surface area contributed by atoms with Gasteiger partial charge in [-0.25, -0.2) is 0 Å². The van der Waals surface area contributed by atoms with Crippen LogP contribution in [0.3, 0.4) is 0 Å². The van der Waals surface area contributed by atoms with E-state index in [1.807, 2.05) is 0 Å². The molecule has 2 saturated heterocycles. The molecule has 2 aliphatic heterocycles. The molecule has 0 N–H and O–H groups in total. The molecule has 0 radical (unpaired) electrons. The van der Waals surface area contributed by atoms with Gasteiger partial charge >= 0.3 is 0 Å². The summed E-state index contributed by atoms with van der Waals surface area (Å²) in [7, 11) is 0. The van der Waals surface area contributed by atoms with Crippen LogP contribution in [0, 0.1) is 11.8 Å². The van der Waals surface area contributed by atoms with Gasteiger partial charge < -0.3 is 9.47 Å². The summed E-state index contributed by atoms with van der Waals surface area (Å²) in [5.74, 6) is 1.21. The molecule has 0 aliphatic carbocycles. The Morgan fingerprint density at radius 1 is 0.900 bits per heavy atom. The number of hydrogen-bond acceptors (Lipinski definition) is 2. The van der Waals surface area contributed by atoms with Gasteiger partial charge in [-0.05, 0) is 0 Å². The molecular weight excluding hydrogens is 128 g/mol. The van der Waals surface area contributed by atoms with E-state index in [1.54, 1.807) is 0 Å². The van der Waals surface area contributed by atoms with Gasteiger partial charge in [-0.1, -0.05) is 13.8 Å². The molecule has 2 heteroatoms. The monoisotopic (exact) mass is 142 g/mol. The van der Waals surface area contributed by atoms with Crippen molar-refractivity contribution in [3.63, 3.8) is 0 Å². The van der Waals surface area contributed by atoms with Crippen LogP contribution in [0.15, 0.2) is 0 Å². The number of fused-ring (bicyclic) bond motifs is 1. The maximum Gasteiger partial charge on any atom is 0.0887 e. The van der Waals surface area contributed by atoms with Crippen LogP contribution in [-0.4, -0.2) is 25.4 Å². The first-order valence-corrected chi connectivity index (χ1v) is 4.02. The topological polar surface area (TPSA) is 18.5 Å². The van der Waals surface area contributed by atoms with Crippen molar-refractivity contribution in [2.24, 2.45) is 11.8 Å². The summed E-state index contributed by atoms with van der Waals surface area (Å²) in [5, 5.41) is 0. The molecule has 2 heterocycles. The summed E-state index contributed by atoms with van der Waals surface area (Å²) in [6, 6.07) is 0. The first-order valence-electron chi connectivity index (χ1n) is 4.02. The third-order valence-corrected chi connectivity index (χ3v) is 2.55. The summed E-state index contributed by atoms with van der Waals surface area (Å²) >= 11 is 0. The Balaban J connectivity index is 2.09. The summed E-state index contributed by atoms with van der Waals surface area (Å²) in [6.45, 7) is 6.17. The lowest BCUT2D eigenvalue weighted by Crippen LogP contribution is -2.23. The summed E-state index contributed by atoms with van der Waals surface area (Å²) in [6.07, 6.45) is 0.796. The summed E-state index contributed by atoms with van der Waals surface area (Å²) < 4.78 is 11.2. The second-order valence-electron chi connectivity index (χ2n) is 3.55. The highest BCUT2D eigenvalue weighted by atomic mass is 16.6. The third-order valence-electron chi connectivity index (χ3n) is 2.55. The van der Waals surface area contributed by atoms with E-state index in [2.05, 4.69) is 13.8 Å². The Hall–Kier alpha value is -0.0800. The van der Waals surface area contributed by atoms with Crippen LogP contribution >= 0.6 is 0 Å². The fraction of sp³-hybridized carbons (Fsp3) is 1.00. The average Bonchev–Trinajstić information content (AvgIpc) is 2.41. The van der Waals surface area contributed by atoms with Crippen molar-refractivity contribution >= 4 is 0 Å². The largest absolute Gasteiger partial charge is 0.375 e. The van der Waals surface area contributed by atoms with Crippen LogP contribution in [0.25, 0.3) is 0 Å². The molecule has 2 fully saturated rings. The fourth-order valence-corrected chi connectivity index (χ4v) is 1.88. The van der Waals surface area contributed by atoms with Crippen LogP contribution in [0.5, 0.6) is 0 Å². The fourth-order valence-electron chi connectivity index (χ4n) is 1.88. The molecule has 4 atom stereocenters. The van der Waals surface area contributed by atoms with E-state index in [0.29, 0.717) is 24.0 Å². The quantitative estimate of drug-likeness (QED) is 0.503. The van der Waals surface area contributed by atoms with Gasteiger partial charge in [-0.15, -0.1) is 0 Å². The SMILES string of the molecule is CC1COC2C(C)COC12. The standard InChI is InChI=1S/C8H14O2/c1-5-3-9-8-6(2)4-10-7(5)8/h5-8H,3-4H2,1-2H3. The summed E-state index contributed by atoms with van der Waals surface area (Å²) in [5.41, 5.74) is 0. The second-order valence-corrected chi connectivity index (χ2v) is 3.55. The second kappa shape index (κ2) is 2.21. The molecular formula is C8H14O2. The molecule has 0 aromatic rings. The Kier molecular flexibility index (Phi) is 1.46. The van der Waals surface area contributed by atoms with Gasteiger partial charge in [0, 0.05) is 11.8 Å². The zero-order valence-corrected chi connectivity index (χ0v) is 6.54. The molecule has 0 saturated carbocycles. The molecule has 2 rings (SSSR count). The molecule has 0 bridgehead atoms. The lowest BCUT2D eigenvalue weighted by molar-refractivity contribution is 0.0627. The van der Waals surface area contributed by atoms with E-state index < -0.39 is 0 Å². The van der Waals surface area contributed by atoms with Gasteiger partial charge in [0.15, 0.2) is 0 Å². The average molecular weight is 142 g/mol. The Bertz CT molecular complexity index is 119. The van der Waals surface area contributed by atoms with Crippen molar-refractivity contribution in [3.8, 4) is 0 Å². The maximum absolute atomic E-state index is 5.58. The lowest BCUT2D eigenvalue weighted by Gasteiger charge is -2.10. The molecule has 2 nitrogen and oxygen atoms in total. The molecule has 0 aromatic carbocycles. The molecule has 0 spiro atoms. The number of ether oxygens (including phenoxy) is 2. The highest BCUT2D eigenvalue weighted by Crippen LogP contribution is 2.33. The van der Waals surface area contributed by atoms with Crippen LogP contribution in [0.4, 0.5) is 0 Å². The van der Waals surface area contributed by atoms with E-state index in [1.165, 1.54) is 0 Å². The molecule has 10 heavy (non-hydrogen) atoms. The van der Waals surface area contributed by atoms with Crippen molar-refractivity contribution < 1.29 is 9.47 Å². The van der Waals surface area contributed by atoms with Gasteiger partial charge in [0.05, 0.1) is 25.4 Å². The van der Waals surface area contributed by atoms with E-state index in [4.69, 9.17) is 9.47 Å². The zero-order valence-electron chi connectivity index (χ0n) is 6.54. The Morgan fingerprint density at radius 2 is 1.30 bits per heavy atom. The van der Waals surface area contributed by atoms with Crippen molar-refractivity contribution in [2.45, 2.75) is 26.1 Å². The first kappa shape index (κ1) is 6.62. The number of rotatable bonds is 0. The number of hydrogen-bond donors (Lipinski definition) is 0. The zero-order chi connectivity index (χ0) is 7.14. The van der Waals surface area contributed by atoms with Gasteiger partial charge in [0.2, 0.25) is 0 Å². The van der Waals surface area contributed by atoms with E-state index in [9.17, 15) is 0 Å². The first-order chi connectivity index (χ1) is 4.79. The minimum Gasteiger partial charge on any atom is -0.375 e. The Labute approximate surface area is 61.5 Å². The normalized spacial score (nSPS) is 53.4. The van der Waals surface area contributed by atoms with E-state index in [0.717, 1.165) is 13.2 Å². The molecule has 2 aliphatic rings. The smallest absolute Gasteiger partial charge is 0.0887 e. The van der Waals surface area contributed by atoms with Gasteiger partial charge in [-0.3, -0.25) is 0 Å². The predicted molar refractivity (Wildman–Crippen MR) is 37.8 cm³/mol. The van der Waals surface area contributed by atoms with Crippen LogP contribution in [-0.2, 0) is 9.47 Å². The molecule has 58 valence electrons. The van der Waals surface area contributed by atoms with Crippen LogP contribution < -0.4 is 0 Å². The van der Waals surface area contributed by atoms with Gasteiger partial charge in [0.1, 0.15) is 0 Å². The highest BCUT2D eigenvalue weighted by Gasteiger charge is 2.43. The lowest BCUT2D eigenvalue weighted by atomic mass is 9.99. The minimum absolute atomic E-state index is 0.398. The van der Waals surface area contributed by atoms with Crippen LogP contribution in [0.2, 0.25) is 0 Å². The van der Waals surface area contributed by atoms with Gasteiger partial charge in [0.25, 0.3) is 0 Å². The van der Waals surface area contributed by atoms with E-state index >= 15 is 0 Å². The van der Waals surface area contributed by atoms with Gasteiger partial charge in [-0.2, -0.15) is 0 Å². The van der Waals surface area contributed by atoms with Crippen molar-refractivity contribution in [1.29, 1.82) is 0 Å². The maximum atomic E-state index is 5.58. The molecule has 0 amide bonds. The van der Waals surface area contributed by atoms with Crippen LogP contribution in [0.1, 0.15) is 13.8 Å². The van der Waals surface area contributed by atoms with Crippen molar-refractivity contribution in [1.82, 2.24) is 0 Å². The minimum atomic E-state index is 0.398. The van der Waals surface area contributed by atoms with E-state index in [-0.39, 0.29) is 0 Å². The Morgan fingerprint density at radius 3 is 1.70 bits per heavy atom. The predicted octanol–water partition coefficient (Wildman–Crippen LogP) is 1.06. The van der Waals surface area contributed by atoms with Crippen molar-refractivity contribution in [3.05, 3.63) is 0 Å². The molecule has 4 unspecified atom stereocenters. The summed E-state index contributed by atoms with van der Waals surface area (Å²) in [4.78, 5) is 0. The highest BCUT2D eigenvalue weighted by molar-refractivity contribution is 4.90. The third kappa shape index (κ3) is 0.789. The molecule has 0 aromatic heterocycles. The van der Waals surface area contributed by atoms with Crippen molar-refractivity contribution in [2.75, 3.05) is 13.2 Å².